The fourth-order valence-corrected chi connectivity index (χ4v) is 0.862. The molecule has 0 spiro atoms. The van der Waals surface area contributed by atoms with E-state index in [0.29, 0.717) is 25.2 Å². The van der Waals surface area contributed by atoms with Crippen LogP contribution in [-0.2, 0) is 19.2 Å². The molecule has 11 nitrogen and oxygen atoms in total. The van der Waals surface area contributed by atoms with E-state index in [-0.39, 0.29) is 5.41 Å². The van der Waals surface area contributed by atoms with E-state index >= 15 is 0 Å². The van der Waals surface area contributed by atoms with Gasteiger partial charge >= 0.3 is 11.9 Å². The smallest absolute Gasteiger partial charge is 0.328 e. The Morgan fingerprint density at radius 3 is 2.04 bits per heavy atom. The summed E-state index contributed by atoms with van der Waals surface area (Å²) in [7, 11) is 0. The van der Waals surface area contributed by atoms with E-state index in [1.165, 1.54) is 6.92 Å². The lowest BCUT2D eigenvalue weighted by atomic mass is 9.94. The van der Waals surface area contributed by atoms with Gasteiger partial charge in [0, 0.05) is 18.7 Å². The normalized spacial score (nSPS) is 11.8. The molecular formula is C12H21N3O8. The van der Waals surface area contributed by atoms with Crippen molar-refractivity contribution < 1.29 is 34.5 Å². The van der Waals surface area contributed by atoms with Crippen LogP contribution >= 0.6 is 0 Å². The molecule has 0 saturated carbocycles. The SMILES string of the molecule is CC(O[N+](=O)[O-])C(=O)NCC(C)(C)CN.O=C(O)C=CC(=O)O. The van der Waals surface area contributed by atoms with Crippen molar-refractivity contribution in [1.82, 2.24) is 5.32 Å². The molecule has 1 atom stereocenters. The van der Waals surface area contributed by atoms with Gasteiger partial charge in [-0.3, -0.25) is 4.79 Å². The van der Waals surface area contributed by atoms with Crippen LogP contribution < -0.4 is 11.1 Å². The fraction of sp³-hybridized carbons (Fsp3) is 0.583. The number of nitrogens with zero attached hydrogens (tertiary/aromatic N) is 1. The maximum atomic E-state index is 11.3. The van der Waals surface area contributed by atoms with Crippen LogP contribution in [0.2, 0.25) is 0 Å². The zero-order chi connectivity index (χ0) is 18.6. The van der Waals surface area contributed by atoms with Gasteiger partial charge in [-0.2, -0.15) is 0 Å². The van der Waals surface area contributed by atoms with E-state index in [9.17, 15) is 24.5 Å². The lowest BCUT2D eigenvalue weighted by molar-refractivity contribution is -0.763. The molecule has 5 N–H and O–H groups in total. The molecule has 1 amide bonds. The molecule has 0 fully saturated rings. The van der Waals surface area contributed by atoms with Crippen molar-refractivity contribution in [3.05, 3.63) is 22.3 Å². The topological polar surface area (TPSA) is 182 Å². The fourth-order valence-electron chi connectivity index (χ4n) is 0.862. The molecule has 0 saturated heterocycles. The molecule has 0 bridgehead atoms. The summed E-state index contributed by atoms with van der Waals surface area (Å²) in [6.45, 7) is 5.84. The van der Waals surface area contributed by atoms with Gasteiger partial charge in [-0.15, -0.1) is 10.1 Å². The molecule has 0 aliphatic heterocycles. The summed E-state index contributed by atoms with van der Waals surface area (Å²) in [4.78, 5) is 44.4. The number of nitrogens with one attached hydrogen (secondary N) is 1. The highest BCUT2D eigenvalue weighted by molar-refractivity contribution is 5.89. The molecule has 0 aliphatic rings. The zero-order valence-corrected chi connectivity index (χ0v) is 13.0. The lowest BCUT2D eigenvalue weighted by Crippen LogP contribution is -2.43. The number of carboxylic acids is 2. The van der Waals surface area contributed by atoms with Gasteiger partial charge in [0.05, 0.1) is 0 Å². The predicted molar refractivity (Wildman–Crippen MR) is 77.8 cm³/mol. The average Bonchev–Trinajstić information content (AvgIpc) is 2.42. The Labute approximate surface area is 132 Å². The minimum Gasteiger partial charge on any atom is -0.478 e. The number of hydrogen-bond donors (Lipinski definition) is 4. The number of hydrogen-bond acceptors (Lipinski definition) is 7. The second-order valence-electron chi connectivity index (χ2n) is 5.07. The van der Waals surface area contributed by atoms with Crippen LogP contribution in [0.1, 0.15) is 20.8 Å². The van der Waals surface area contributed by atoms with Crippen molar-refractivity contribution in [1.29, 1.82) is 0 Å². The first-order valence-corrected chi connectivity index (χ1v) is 6.34. The lowest BCUT2D eigenvalue weighted by Gasteiger charge is -2.23. The van der Waals surface area contributed by atoms with Crippen molar-refractivity contribution in [2.24, 2.45) is 11.1 Å². The summed E-state index contributed by atoms with van der Waals surface area (Å²) in [5, 5.41) is 27.1. The van der Waals surface area contributed by atoms with Crippen LogP contribution in [-0.4, -0.2) is 52.3 Å². The molecule has 23 heavy (non-hydrogen) atoms. The number of aliphatic carboxylic acids is 2. The summed E-state index contributed by atoms with van der Waals surface area (Å²) in [6.07, 6.45) is 0.0126. The summed E-state index contributed by atoms with van der Waals surface area (Å²) in [5.41, 5.74) is 5.23. The van der Waals surface area contributed by atoms with Gasteiger partial charge < -0.3 is 26.1 Å². The molecule has 11 heteroatoms. The Morgan fingerprint density at radius 1 is 1.30 bits per heavy atom. The predicted octanol–water partition coefficient (Wildman–Crippen LogP) is -0.604. The zero-order valence-electron chi connectivity index (χ0n) is 13.0. The number of carbonyl (C=O) groups is 3. The number of nitrogens with two attached hydrogens (primary N) is 1. The van der Waals surface area contributed by atoms with Gasteiger partial charge in [-0.25, -0.2) is 9.59 Å². The summed E-state index contributed by atoms with van der Waals surface area (Å²) in [6, 6.07) is 0. The second-order valence-corrected chi connectivity index (χ2v) is 5.07. The Hall–Kier alpha value is -2.69. The Kier molecular flexibility index (Phi) is 10.8. The van der Waals surface area contributed by atoms with Crippen LogP contribution in [0.4, 0.5) is 0 Å². The number of carbonyl (C=O) groups excluding carboxylic acids is 1. The van der Waals surface area contributed by atoms with E-state index in [2.05, 4.69) is 10.2 Å². The maximum Gasteiger partial charge on any atom is 0.328 e. The molecule has 0 aromatic carbocycles. The highest BCUT2D eigenvalue weighted by Crippen LogP contribution is 2.10. The van der Waals surface area contributed by atoms with Gasteiger partial charge in [-0.1, -0.05) is 13.8 Å². The van der Waals surface area contributed by atoms with E-state index < -0.39 is 29.0 Å². The third kappa shape index (κ3) is 15.5. The van der Waals surface area contributed by atoms with Crippen LogP contribution in [0.5, 0.6) is 0 Å². The van der Waals surface area contributed by atoms with E-state index in [4.69, 9.17) is 15.9 Å². The molecular weight excluding hydrogens is 314 g/mol. The molecule has 0 heterocycles. The van der Waals surface area contributed by atoms with Crippen LogP contribution in [0.25, 0.3) is 0 Å². The third-order valence-electron chi connectivity index (χ3n) is 2.28. The molecule has 0 aromatic heterocycles. The van der Waals surface area contributed by atoms with Gasteiger partial charge in [0.25, 0.3) is 5.09 Å². The van der Waals surface area contributed by atoms with Gasteiger partial charge in [0.15, 0.2) is 6.10 Å². The third-order valence-corrected chi connectivity index (χ3v) is 2.28. The molecule has 1 unspecified atom stereocenters. The highest BCUT2D eigenvalue weighted by atomic mass is 17.0. The van der Waals surface area contributed by atoms with Gasteiger partial charge in [0.1, 0.15) is 0 Å². The number of rotatable bonds is 8. The first-order valence-electron chi connectivity index (χ1n) is 6.34. The monoisotopic (exact) mass is 335 g/mol. The summed E-state index contributed by atoms with van der Waals surface area (Å²) in [5.74, 6) is -3.03. The minimum atomic E-state index is -1.26. The van der Waals surface area contributed by atoms with Crippen molar-refractivity contribution in [2.45, 2.75) is 26.9 Å². The summed E-state index contributed by atoms with van der Waals surface area (Å²) < 4.78 is 0. The van der Waals surface area contributed by atoms with Crippen molar-refractivity contribution in [3.8, 4) is 0 Å². The average molecular weight is 335 g/mol. The van der Waals surface area contributed by atoms with Gasteiger partial charge in [0.2, 0.25) is 5.91 Å². The molecule has 0 rings (SSSR count). The van der Waals surface area contributed by atoms with Crippen LogP contribution in [0, 0.1) is 15.5 Å². The Balaban J connectivity index is 0. The minimum absolute atomic E-state index is 0.232. The van der Waals surface area contributed by atoms with Crippen molar-refractivity contribution >= 4 is 17.8 Å². The van der Waals surface area contributed by atoms with Crippen LogP contribution in [0.3, 0.4) is 0 Å². The van der Waals surface area contributed by atoms with E-state index in [1.54, 1.807) is 0 Å². The Bertz CT molecular complexity index is 445. The maximum absolute atomic E-state index is 11.3. The highest BCUT2D eigenvalue weighted by Gasteiger charge is 2.21. The summed E-state index contributed by atoms with van der Waals surface area (Å²) >= 11 is 0. The molecule has 0 aliphatic carbocycles. The largest absolute Gasteiger partial charge is 0.478 e. The van der Waals surface area contributed by atoms with E-state index in [1.807, 2.05) is 13.8 Å². The van der Waals surface area contributed by atoms with Crippen LogP contribution in [0.15, 0.2) is 12.2 Å². The van der Waals surface area contributed by atoms with Gasteiger partial charge in [-0.05, 0) is 18.9 Å². The van der Waals surface area contributed by atoms with Crippen molar-refractivity contribution in [2.75, 3.05) is 13.1 Å². The number of carboxylic acid groups (broad SMARTS) is 2. The number of amides is 1. The molecule has 0 radical (unpaired) electrons. The van der Waals surface area contributed by atoms with E-state index in [0.717, 1.165) is 0 Å². The first kappa shape index (κ1) is 22.6. The van der Waals surface area contributed by atoms with Crippen molar-refractivity contribution in [3.63, 3.8) is 0 Å². The second kappa shape index (κ2) is 11.0. The molecule has 0 aromatic rings. The first-order chi connectivity index (χ1) is 10.4. The molecule has 132 valence electrons. The Morgan fingerprint density at radius 2 is 1.74 bits per heavy atom. The quantitative estimate of drug-likeness (QED) is 0.255. The standard InChI is InChI=1S/C8H17N3O4.C4H4O4/c1-6(15-11(13)14)7(12)10-5-8(2,3)4-9;5-3(6)1-2-4(7)8/h6H,4-5,9H2,1-3H3,(H,10,12);1-2H,(H,5,6)(H,7,8).